The van der Waals surface area contributed by atoms with E-state index in [0.29, 0.717) is 12.3 Å². The van der Waals surface area contributed by atoms with Crippen LogP contribution in [0.2, 0.25) is 0 Å². The molecule has 1 aliphatic heterocycles. The van der Waals surface area contributed by atoms with E-state index in [1.807, 2.05) is 24.3 Å². The minimum atomic E-state index is -0.0538. The van der Waals surface area contributed by atoms with Gasteiger partial charge in [0, 0.05) is 12.5 Å². The standard InChI is InChI=1S/C16H20N4O2/c1-22-13-4-2-3-11(7-13)8-15(21)19-14-10-18-20-16(14)12-5-6-17-9-12/h2-4,7,10,12,17H,5-6,8-9H2,1H3,(H,18,20)(H,19,21). The third-order valence-electron chi connectivity index (χ3n) is 3.91. The van der Waals surface area contributed by atoms with Crippen LogP contribution in [0.1, 0.15) is 23.6 Å². The van der Waals surface area contributed by atoms with E-state index in [2.05, 4.69) is 20.8 Å². The highest BCUT2D eigenvalue weighted by atomic mass is 16.5. The second-order valence-corrected chi connectivity index (χ2v) is 5.46. The maximum absolute atomic E-state index is 12.2. The van der Waals surface area contributed by atoms with Crippen LogP contribution in [0.25, 0.3) is 0 Å². The van der Waals surface area contributed by atoms with Gasteiger partial charge in [-0.2, -0.15) is 5.10 Å². The van der Waals surface area contributed by atoms with Gasteiger partial charge in [-0.3, -0.25) is 9.89 Å². The minimum Gasteiger partial charge on any atom is -0.497 e. The third kappa shape index (κ3) is 3.28. The second kappa shape index (κ2) is 6.62. The SMILES string of the molecule is COc1cccc(CC(=O)Nc2cn[nH]c2C2CCNC2)c1. The summed E-state index contributed by atoms with van der Waals surface area (Å²) in [6.07, 6.45) is 3.04. The highest BCUT2D eigenvalue weighted by Crippen LogP contribution is 2.26. The van der Waals surface area contributed by atoms with Gasteiger partial charge in [0.25, 0.3) is 0 Å². The van der Waals surface area contributed by atoms with E-state index < -0.39 is 0 Å². The van der Waals surface area contributed by atoms with Gasteiger partial charge >= 0.3 is 0 Å². The number of anilines is 1. The Morgan fingerprint density at radius 2 is 2.41 bits per heavy atom. The first-order chi connectivity index (χ1) is 10.8. The normalized spacial score (nSPS) is 17.4. The molecule has 22 heavy (non-hydrogen) atoms. The van der Waals surface area contributed by atoms with E-state index in [1.165, 1.54) is 0 Å². The van der Waals surface area contributed by atoms with Crippen LogP contribution in [0.5, 0.6) is 5.75 Å². The van der Waals surface area contributed by atoms with Crippen LogP contribution in [0.3, 0.4) is 0 Å². The number of amides is 1. The highest BCUT2D eigenvalue weighted by Gasteiger charge is 2.22. The average molecular weight is 300 g/mol. The van der Waals surface area contributed by atoms with Gasteiger partial charge in [-0.1, -0.05) is 12.1 Å². The molecule has 6 nitrogen and oxygen atoms in total. The lowest BCUT2D eigenvalue weighted by Crippen LogP contribution is -2.16. The van der Waals surface area contributed by atoms with Crippen LogP contribution >= 0.6 is 0 Å². The lowest BCUT2D eigenvalue weighted by Gasteiger charge is -2.10. The third-order valence-corrected chi connectivity index (χ3v) is 3.91. The molecule has 0 aliphatic carbocycles. The Morgan fingerprint density at radius 3 is 3.18 bits per heavy atom. The van der Waals surface area contributed by atoms with Crippen molar-refractivity contribution in [2.24, 2.45) is 0 Å². The Balaban J connectivity index is 1.65. The fourth-order valence-electron chi connectivity index (χ4n) is 2.77. The Hall–Kier alpha value is -2.34. The van der Waals surface area contributed by atoms with Crippen molar-refractivity contribution in [1.29, 1.82) is 0 Å². The summed E-state index contributed by atoms with van der Waals surface area (Å²) in [6, 6.07) is 7.54. The van der Waals surface area contributed by atoms with E-state index in [-0.39, 0.29) is 5.91 Å². The molecule has 6 heteroatoms. The molecule has 116 valence electrons. The van der Waals surface area contributed by atoms with Crippen LogP contribution in [0, 0.1) is 0 Å². The molecule has 3 rings (SSSR count). The number of carbonyl (C=O) groups excluding carboxylic acids is 1. The van der Waals surface area contributed by atoms with Gasteiger partial charge in [0.05, 0.1) is 31.1 Å². The van der Waals surface area contributed by atoms with E-state index >= 15 is 0 Å². The topological polar surface area (TPSA) is 79.0 Å². The minimum absolute atomic E-state index is 0.0538. The number of nitrogens with zero attached hydrogens (tertiary/aromatic N) is 1. The van der Waals surface area contributed by atoms with Gasteiger partial charge in [0.2, 0.25) is 5.91 Å². The zero-order valence-electron chi connectivity index (χ0n) is 12.6. The van der Waals surface area contributed by atoms with Gasteiger partial charge in [-0.05, 0) is 30.7 Å². The van der Waals surface area contributed by atoms with Gasteiger partial charge in [0.1, 0.15) is 5.75 Å². The van der Waals surface area contributed by atoms with Gasteiger partial charge in [0.15, 0.2) is 0 Å². The van der Waals surface area contributed by atoms with E-state index in [0.717, 1.165) is 42.2 Å². The zero-order chi connectivity index (χ0) is 15.4. The van der Waals surface area contributed by atoms with Crippen molar-refractivity contribution in [2.45, 2.75) is 18.8 Å². The van der Waals surface area contributed by atoms with Crippen LogP contribution in [-0.4, -0.2) is 36.3 Å². The van der Waals surface area contributed by atoms with Crippen LogP contribution in [0.15, 0.2) is 30.5 Å². The maximum Gasteiger partial charge on any atom is 0.228 e. The molecule has 2 heterocycles. The first kappa shape index (κ1) is 14.6. The summed E-state index contributed by atoms with van der Waals surface area (Å²) in [6.45, 7) is 1.92. The van der Waals surface area contributed by atoms with Crippen LogP contribution in [0.4, 0.5) is 5.69 Å². The number of rotatable bonds is 5. The van der Waals surface area contributed by atoms with Crippen molar-refractivity contribution in [3.63, 3.8) is 0 Å². The van der Waals surface area contributed by atoms with Crippen molar-refractivity contribution in [3.05, 3.63) is 41.7 Å². The van der Waals surface area contributed by atoms with Crippen molar-refractivity contribution < 1.29 is 9.53 Å². The summed E-state index contributed by atoms with van der Waals surface area (Å²) >= 11 is 0. The number of H-pyrrole nitrogens is 1. The maximum atomic E-state index is 12.2. The van der Waals surface area contributed by atoms with Gasteiger partial charge < -0.3 is 15.4 Å². The number of ether oxygens (including phenoxy) is 1. The Bertz CT molecular complexity index is 647. The predicted molar refractivity (Wildman–Crippen MR) is 84.1 cm³/mol. The second-order valence-electron chi connectivity index (χ2n) is 5.46. The molecule has 0 bridgehead atoms. The molecule has 1 aromatic carbocycles. The zero-order valence-corrected chi connectivity index (χ0v) is 12.6. The molecule has 2 aromatic rings. The quantitative estimate of drug-likeness (QED) is 0.785. The molecule has 1 unspecified atom stereocenters. The first-order valence-corrected chi connectivity index (χ1v) is 7.43. The van der Waals surface area contributed by atoms with Crippen molar-refractivity contribution in [1.82, 2.24) is 15.5 Å². The lowest BCUT2D eigenvalue weighted by atomic mass is 10.0. The summed E-state index contributed by atoms with van der Waals surface area (Å²) < 4.78 is 5.18. The molecule has 0 saturated carbocycles. The molecule has 1 atom stereocenters. The number of methoxy groups -OCH3 is 1. The molecule has 1 saturated heterocycles. The van der Waals surface area contributed by atoms with Crippen molar-refractivity contribution in [2.75, 3.05) is 25.5 Å². The monoisotopic (exact) mass is 300 g/mol. The van der Waals surface area contributed by atoms with E-state index in [9.17, 15) is 4.79 Å². The molecule has 1 amide bonds. The number of carbonyl (C=O) groups is 1. The molecule has 1 fully saturated rings. The molecular formula is C16H20N4O2. The van der Waals surface area contributed by atoms with Gasteiger partial charge in [-0.15, -0.1) is 0 Å². The summed E-state index contributed by atoms with van der Waals surface area (Å²) in [5, 5.41) is 13.3. The Labute approximate surface area is 129 Å². The number of hydrogen-bond acceptors (Lipinski definition) is 4. The number of benzene rings is 1. The summed E-state index contributed by atoms with van der Waals surface area (Å²) in [4.78, 5) is 12.2. The molecule has 3 N–H and O–H groups in total. The largest absolute Gasteiger partial charge is 0.497 e. The summed E-state index contributed by atoms with van der Waals surface area (Å²) in [5.41, 5.74) is 2.70. The number of hydrogen-bond donors (Lipinski definition) is 3. The van der Waals surface area contributed by atoms with Crippen molar-refractivity contribution in [3.8, 4) is 5.75 Å². The Kier molecular flexibility index (Phi) is 4.39. The first-order valence-electron chi connectivity index (χ1n) is 7.43. The lowest BCUT2D eigenvalue weighted by molar-refractivity contribution is -0.115. The number of aromatic nitrogens is 2. The molecule has 1 aromatic heterocycles. The van der Waals surface area contributed by atoms with Crippen molar-refractivity contribution >= 4 is 11.6 Å². The fourth-order valence-corrected chi connectivity index (χ4v) is 2.77. The van der Waals surface area contributed by atoms with Crippen LogP contribution in [-0.2, 0) is 11.2 Å². The summed E-state index contributed by atoms with van der Waals surface area (Å²) in [5.74, 6) is 1.09. The summed E-state index contributed by atoms with van der Waals surface area (Å²) in [7, 11) is 1.62. The van der Waals surface area contributed by atoms with Crippen LogP contribution < -0.4 is 15.4 Å². The average Bonchev–Trinajstić information content (AvgIpc) is 3.18. The molecule has 1 aliphatic rings. The smallest absolute Gasteiger partial charge is 0.228 e. The van der Waals surface area contributed by atoms with Gasteiger partial charge in [-0.25, -0.2) is 0 Å². The fraction of sp³-hybridized carbons (Fsp3) is 0.375. The molecular weight excluding hydrogens is 280 g/mol. The number of aromatic amines is 1. The molecule has 0 radical (unpaired) electrons. The highest BCUT2D eigenvalue weighted by molar-refractivity contribution is 5.92. The predicted octanol–water partition coefficient (Wildman–Crippen LogP) is 1.68. The number of nitrogens with one attached hydrogen (secondary N) is 3. The molecule has 0 spiro atoms. The van der Waals surface area contributed by atoms with E-state index in [4.69, 9.17) is 4.74 Å². The van der Waals surface area contributed by atoms with E-state index in [1.54, 1.807) is 13.3 Å². The Morgan fingerprint density at radius 1 is 1.50 bits per heavy atom.